The minimum Gasteiger partial charge on any atom is -0.508 e. The number of aromatic amines is 1. The second-order valence-electron chi connectivity index (χ2n) is 9.14. The summed E-state index contributed by atoms with van der Waals surface area (Å²) in [4.78, 5) is 15.8. The molecule has 0 saturated carbocycles. The van der Waals surface area contributed by atoms with Crippen LogP contribution in [0.5, 0.6) is 11.5 Å². The number of fused-ring (bicyclic) bond motifs is 1. The first kappa shape index (κ1) is 22.5. The van der Waals surface area contributed by atoms with Gasteiger partial charge < -0.3 is 25.5 Å². The molecule has 166 valence electrons. The number of hydrogen-bond donors (Lipinski definition) is 4. The standard InChI is InChI=1S/C25H33N3O3/c1-16-7-6-8-17(2)23(16)31-15-22(25(3,4)5)28-24(30)26-12-11-18-14-27-21-10-9-19(29)13-20(18)21/h6-10,13-14,22,27,29H,11-12,15H2,1-5H3,(H2,26,28,30). The van der Waals surface area contributed by atoms with Gasteiger partial charge >= 0.3 is 6.03 Å². The Bertz CT molecular complexity index is 1030. The zero-order valence-electron chi connectivity index (χ0n) is 19.0. The number of phenols is 1. The zero-order chi connectivity index (χ0) is 22.6. The van der Waals surface area contributed by atoms with E-state index in [2.05, 4.69) is 36.4 Å². The summed E-state index contributed by atoms with van der Waals surface area (Å²) in [6.07, 6.45) is 2.58. The summed E-state index contributed by atoms with van der Waals surface area (Å²) in [6.45, 7) is 11.2. The van der Waals surface area contributed by atoms with E-state index in [4.69, 9.17) is 4.74 Å². The number of carbonyl (C=O) groups excluding carboxylic acids is 1. The van der Waals surface area contributed by atoms with Crippen LogP contribution >= 0.6 is 0 Å². The number of aromatic nitrogens is 1. The molecule has 1 atom stereocenters. The molecule has 4 N–H and O–H groups in total. The van der Waals surface area contributed by atoms with E-state index < -0.39 is 0 Å². The van der Waals surface area contributed by atoms with Gasteiger partial charge in [0.25, 0.3) is 0 Å². The molecule has 2 aromatic carbocycles. The molecule has 2 amide bonds. The van der Waals surface area contributed by atoms with E-state index in [1.54, 1.807) is 12.1 Å². The number of aromatic hydroxyl groups is 1. The molecule has 1 heterocycles. The second kappa shape index (κ2) is 9.33. The molecule has 0 saturated heterocycles. The van der Waals surface area contributed by atoms with Crippen molar-refractivity contribution in [1.82, 2.24) is 15.6 Å². The number of benzene rings is 2. The van der Waals surface area contributed by atoms with E-state index in [0.717, 1.165) is 33.3 Å². The number of ether oxygens (including phenoxy) is 1. The average Bonchev–Trinajstić information content (AvgIpc) is 3.08. The molecule has 6 nitrogen and oxygen atoms in total. The number of para-hydroxylation sites is 1. The number of nitrogens with one attached hydrogen (secondary N) is 3. The van der Waals surface area contributed by atoms with Crippen molar-refractivity contribution in [3.8, 4) is 11.5 Å². The average molecular weight is 424 g/mol. The van der Waals surface area contributed by atoms with Gasteiger partial charge in [-0.05, 0) is 60.6 Å². The van der Waals surface area contributed by atoms with Crippen LogP contribution in [0, 0.1) is 19.3 Å². The molecule has 6 heteroatoms. The first-order chi connectivity index (χ1) is 14.6. The summed E-state index contributed by atoms with van der Waals surface area (Å²) in [5.41, 5.74) is 4.02. The van der Waals surface area contributed by atoms with Crippen LogP contribution in [0.1, 0.15) is 37.5 Å². The minimum atomic E-state index is -0.215. The van der Waals surface area contributed by atoms with Gasteiger partial charge in [0.05, 0.1) is 6.04 Å². The Morgan fingerprint density at radius 2 is 1.87 bits per heavy atom. The molecule has 1 unspecified atom stereocenters. The van der Waals surface area contributed by atoms with Crippen molar-refractivity contribution in [3.63, 3.8) is 0 Å². The maximum absolute atomic E-state index is 12.6. The number of amides is 2. The summed E-state index contributed by atoms with van der Waals surface area (Å²) < 4.78 is 6.11. The van der Waals surface area contributed by atoms with E-state index in [0.29, 0.717) is 19.6 Å². The van der Waals surface area contributed by atoms with Gasteiger partial charge in [-0.3, -0.25) is 0 Å². The Kier molecular flexibility index (Phi) is 6.78. The van der Waals surface area contributed by atoms with Crippen LogP contribution in [0.15, 0.2) is 42.6 Å². The second-order valence-corrected chi connectivity index (χ2v) is 9.14. The number of aryl methyl sites for hydroxylation is 2. The largest absolute Gasteiger partial charge is 0.508 e. The van der Waals surface area contributed by atoms with E-state index in [-0.39, 0.29) is 23.2 Å². The van der Waals surface area contributed by atoms with Gasteiger partial charge in [0.2, 0.25) is 0 Å². The van der Waals surface area contributed by atoms with Gasteiger partial charge in [-0.1, -0.05) is 39.0 Å². The smallest absolute Gasteiger partial charge is 0.315 e. The van der Waals surface area contributed by atoms with Crippen LogP contribution < -0.4 is 15.4 Å². The molecule has 0 fully saturated rings. The zero-order valence-corrected chi connectivity index (χ0v) is 19.0. The van der Waals surface area contributed by atoms with Crippen LogP contribution in [-0.2, 0) is 6.42 Å². The first-order valence-corrected chi connectivity index (χ1v) is 10.7. The summed E-state index contributed by atoms with van der Waals surface area (Å²) in [6, 6.07) is 10.9. The van der Waals surface area contributed by atoms with Crippen LogP contribution in [0.25, 0.3) is 10.9 Å². The van der Waals surface area contributed by atoms with Crippen LogP contribution in [-0.4, -0.2) is 35.3 Å². The fourth-order valence-corrected chi connectivity index (χ4v) is 3.59. The Balaban J connectivity index is 1.56. The lowest BCUT2D eigenvalue weighted by atomic mass is 9.87. The van der Waals surface area contributed by atoms with Crippen LogP contribution in [0.2, 0.25) is 0 Å². The van der Waals surface area contributed by atoms with Crippen molar-refractivity contribution in [3.05, 3.63) is 59.3 Å². The van der Waals surface area contributed by atoms with E-state index in [1.165, 1.54) is 0 Å². The maximum atomic E-state index is 12.6. The van der Waals surface area contributed by atoms with E-state index in [9.17, 15) is 9.90 Å². The van der Waals surface area contributed by atoms with Gasteiger partial charge in [0.1, 0.15) is 18.1 Å². The predicted molar refractivity (Wildman–Crippen MR) is 125 cm³/mol. The van der Waals surface area contributed by atoms with Crippen LogP contribution in [0.3, 0.4) is 0 Å². The van der Waals surface area contributed by atoms with Gasteiger partial charge in [0, 0.05) is 23.6 Å². The molecule has 3 aromatic rings. The van der Waals surface area contributed by atoms with Gasteiger partial charge in [-0.15, -0.1) is 0 Å². The molecule has 0 spiro atoms. The number of rotatable bonds is 7. The van der Waals surface area contributed by atoms with E-state index in [1.807, 2.05) is 44.3 Å². The topological polar surface area (TPSA) is 86.4 Å². The number of hydrogen-bond acceptors (Lipinski definition) is 3. The molecule has 31 heavy (non-hydrogen) atoms. The fraction of sp³-hybridized carbons (Fsp3) is 0.400. The lowest BCUT2D eigenvalue weighted by Crippen LogP contribution is -2.51. The van der Waals surface area contributed by atoms with Gasteiger partial charge in [0.15, 0.2) is 0 Å². The Labute approximate surface area is 184 Å². The maximum Gasteiger partial charge on any atom is 0.315 e. The molecule has 0 aliphatic heterocycles. The fourth-order valence-electron chi connectivity index (χ4n) is 3.59. The highest BCUT2D eigenvalue weighted by Crippen LogP contribution is 2.26. The molecule has 1 aromatic heterocycles. The summed E-state index contributed by atoms with van der Waals surface area (Å²) >= 11 is 0. The van der Waals surface area contributed by atoms with Crippen molar-refractivity contribution in [1.29, 1.82) is 0 Å². The Morgan fingerprint density at radius 3 is 2.55 bits per heavy atom. The molecular formula is C25H33N3O3. The number of H-pyrrole nitrogens is 1. The van der Waals surface area contributed by atoms with Crippen molar-refractivity contribution < 1.29 is 14.6 Å². The third kappa shape index (κ3) is 5.72. The van der Waals surface area contributed by atoms with Crippen molar-refractivity contribution >= 4 is 16.9 Å². The number of phenolic OH excluding ortho intramolecular Hbond substituents is 1. The van der Waals surface area contributed by atoms with Crippen molar-refractivity contribution in [2.75, 3.05) is 13.2 Å². The third-order valence-electron chi connectivity index (χ3n) is 5.58. The van der Waals surface area contributed by atoms with E-state index >= 15 is 0 Å². The highest BCUT2D eigenvalue weighted by molar-refractivity contribution is 5.84. The molecule has 0 bridgehead atoms. The Morgan fingerprint density at radius 1 is 1.16 bits per heavy atom. The third-order valence-corrected chi connectivity index (χ3v) is 5.58. The Hall–Kier alpha value is -3.15. The quantitative estimate of drug-likeness (QED) is 0.439. The number of carbonyl (C=O) groups is 1. The monoisotopic (exact) mass is 423 g/mol. The van der Waals surface area contributed by atoms with Gasteiger partial charge in [-0.2, -0.15) is 0 Å². The molecule has 0 aliphatic carbocycles. The molecular weight excluding hydrogens is 390 g/mol. The SMILES string of the molecule is Cc1cccc(C)c1OCC(NC(=O)NCCc1c[nH]c2ccc(O)cc12)C(C)(C)C. The normalized spacial score (nSPS) is 12.5. The predicted octanol–water partition coefficient (Wildman–Crippen LogP) is 4.83. The highest BCUT2D eigenvalue weighted by atomic mass is 16.5. The lowest BCUT2D eigenvalue weighted by molar-refractivity contribution is 0.169. The van der Waals surface area contributed by atoms with Crippen LogP contribution in [0.4, 0.5) is 4.79 Å². The molecule has 0 radical (unpaired) electrons. The molecule has 3 rings (SSSR count). The summed E-state index contributed by atoms with van der Waals surface area (Å²) in [5.74, 6) is 1.11. The minimum absolute atomic E-state index is 0.156. The first-order valence-electron chi connectivity index (χ1n) is 10.7. The summed E-state index contributed by atoms with van der Waals surface area (Å²) in [5, 5.41) is 16.7. The van der Waals surface area contributed by atoms with Gasteiger partial charge in [-0.25, -0.2) is 4.79 Å². The summed E-state index contributed by atoms with van der Waals surface area (Å²) in [7, 11) is 0. The van der Waals surface area contributed by atoms with Crippen molar-refractivity contribution in [2.24, 2.45) is 5.41 Å². The number of urea groups is 1. The molecule has 0 aliphatic rings. The highest BCUT2D eigenvalue weighted by Gasteiger charge is 2.27. The van der Waals surface area contributed by atoms with Crippen molar-refractivity contribution in [2.45, 2.75) is 47.1 Å². The lowest BCUT2D eigenvalue weighted by Gasteiger charge is -2.31.